The number of hydrogen-bond acceptors (Lipinski definition) is 5. The lowest BCUT2D eigenvalue weighted by Gasteiger charge is -2.55. The topological polar surface area (TPSA) is 54.0 Å². The van der Waals surface area contributed by atoms with Crippen molar-refractivity contribution in [3.63, 3.8) is 0 Å². The van der Waals surface area contributed by atoms with Crippen molar-refractivity contribution < 1.29 is 23.7 Å². The van der Waals surface area contributed by atoms with E-state index in [0.717, 1.165) is 17.1 Å². The highest BCUT2D eigenvalue weighted by Crippen LogP contribution is 2.56. The second-order valence-electron chi connectivity index (χ2n) is 7.87. The number of rotatable bonds is 3. The largest absolute Gasteiger partial charge is 0.465 e. The molecule has 0 spiro atoms. The van der Waals surface area contributed by atoms with E-state index >= 15 is 0 Å². The summed E-state index contributed by atoms with van der Waals surface area (Å²) in [6.45, 7) is 9.36. The summed E-state index contributed by atoms with van der Waals surface area (Å²) in [5.41, 5.74) is 2.27. The Bertz CT molecular complexity index is 755. The first-order chi connectivity index (χ1) is 12.4. The first kappa shape index (κ1) is 17.4. The van der Waals surface area contributed by atoms with Crippen molar-refractivity contribution >= 4 is 5.97 Å². The highest BCUT2D eigenvalue weighted by molar-refractivity contribution is 5.66. The molecular weight excluding hydrogens is 332 g/mol. The molecule has 5 atom stereocenters. The summed E-state index contributed by atoms with van der Waals surface area (Å²) in [7, 11) is 0. The quantitative estimate of drug-likeness (QED) is 0.606. The molecule has 1 fully saturated rings. The van der Waals surface area contributed by atoms with Gasteiger partial charge in [0.2, 0.25) is 6.79 Å². The molecule has 0 saturated carbocycles. The highest BCUT2D eigenvalue weighted by atomic mass is 16.7. The summed E-state index contributed by atoms with van der Waals surface area (Å²) < 4.78 is 22.8. The molecule has 1 aromatic carbocycles. The maximum atomic E-state index is 11.4. The Labute approximate surface area is 154 Å². The molecular formula is C21H26O5. The SMILES string of the molecule is CC(=O)OC[C@@]12CO[C@@H](c3ccc4c(c3)OCO4)[C@H](C(C)=C[C@@H]1C)[C@@H]2C. The summed E-state index contributed by atoms with van der Waals surface area (Å²) in [5, 5.41) is 0. The predicted molar refractivity (Wildman–Crippen MR) is 95.9 cm³/mol. The highest BCUT2D eigenvalue weighted by Gasteiger charge is 2.54. The fourth-order valence-electron chi connectivity index (χ4n) is 4.88. The Morgan fingerprint density at radius 1 is 1.27 bits per heavy atom. The lowest BCUT2D eigenvalue weighted by molar-refractivity contribution is -0.180. The van der Waals surface area contributed by atoms with E-state index in [2.05, 4.69) is 32.9 Å². The number of ether oxygens (including phenoxy) is 4. The van der Waals surface area contributed by atoms with E-state index in [0.29, 0.717) is 25.0 Å². The molecule has 5 heteroatoms. The van der Waals surface area contributed by atoms with Gasteiger partial charge in [0.15, 0.2) is 11.5 Å². The van der Waals surface area contributed by atoms with Crippen LogP contribution in [0, 0.1) is 23.2 Å². The number of carbonyl (C=O) groups excluding carboxylic acids is 1. The van der Waals surface area contributed by atoms with Crippen molar-refractivity contribution in [2.75, 3.05) is 20.0 Å². The Kier molecular flexibility index (Phi) is 4.22. The fraction of sp³-hybridized carbons (Fsp3) is 0.571. The molecule has 2 heterocycles. The van der Waals surface area contributed by atoms with Gasteiger partial charge >= 0.3 is 5.97 Å². The normalized spacial score (nSPS) is 35.0. The van der Waals surface area contributed by atoms with Gasteiger partial charge in [0.1, 0.15) is 0 Å². The molecule has 0 aromatic heterocycles. The minimum Gasteiger partial charge on any atom is -0.465 e. The third-order valence-electron chi connectivity index (χ3n) is 6.52. The third-order valence-corrected chi connectivity index (χ3v) is 6.52. The van der Waals surface area contributed by atoms with Gasteiger partial charge in [0.05, 0.1) is 19.3 Å². The van der Waals surface area contributed by atoms with Gasteiger partial charge in [-0.1, -0.05) is 31.6 Å². The van der Waals surface area contributed by atoms with Gasteiger partial charge in [-0.2, -0.15) is 0 Å². The summed E-state index contributed by atoms with van der Waals surface area (Å²) in [4.78, 5) is 11.4. The van der Waals surface area contributed by atoms with Crippen molar-refractivity contribution in [3.8, 4) is 11.5 Å². The average Bonchev–Trinajstić information content (AvgIpc) is 3.06. The second kappa shape index (κ2) is 6.31. The maximum absolute atomic E-state index is 11.4. The molecule has 5 nitrogen and oxygen atoms in total. The van der Waals surface area contributed by atoms with Gasteiger partial charge < -0.3 is 18.9 Å². The van der Waals surface area contributed by atoms with Crippen molar-refractivity contribution in [1.29, 1.82) is 0 Å². The van der Waals surface area contributed by atoms with Gasteiger partial charge in [-0.15, -0.1) is 0 Å². The van der Waals surface area contributed by atoms with Crippen LogP contribution in [0.3, 0.4) is 0 Å². The molecule has 0 radical (unpaired) electrons. The standard InChI is InChI=1S/C21H26O5/c1-12-7-13(2)21(9-23-15(4)22)10-24-20(19(12)14(21)3)16-5-6-17-18(8-16)26-11-25-17/h5-8,13-14,19-20H,9-11H2,1-4H3/t13-,14-,19+,20-,21+/m0/s1. The molecule has 0 amide bonds. The molecule has 0 unspecified atom stereocenters. The van der Waals surface area contributed by atoms with Gasteiger partial charge in [0, 0.05) is 18.3 Å². The molecule has 1 saturated heterocycles. The van der Waals surface area contributed by atoms with E-state index in [1.165, 1.54) is 12.5 Å². The van der Waals surface area contributed by atoms with Crippen LogP contribution in [0.5, 0.6) is 11.5 Å². The summed E-state index contributed by atoms with van der Waals surface area (Å²) >= 11 is 0. The zero-order chi connectivity index (χ0) is 18.5. The van der Waals surface area contributed by atoms with Crippen LogP contribution in [-0.4, -0.2) is 26.0 Å². The zero-order valence-corrected chi connectivity index (χ0v) is 15.8. The van der Waals surface area contributed by atoms with E-state index in [-0.39, 0.29) is 30.2 Å². The van der Waals surface area contributed by atoms with Crippen LogP contribution in [0.2, 0.25) is 0 Å². The molecule has 26 heavy (non-hydrogen) atoms. The second-order valence-corrected chi connectivity index (χ2v) is 7.87. The lowest BCUT2D eigenvalue weighted by atomic mass is 9.56. The smallest absolute Gasteiger partial charge is 0.302 e. The Morgan fingerprint density at radius 2 is 2.04 bits per heavy atom. The number of carbonyl (C=O) groups is 1. The molecule has 2 bridgehead atoms. The molecule has 2 aliphatic heterocycles. The molecule has 1 aliphatic carbocycles. The minimum atomic E-state index is -0.237. The van der Waals surface area contributed by atoms with Gasteiger partial charge in [-0.05, 0) is 36.5 Å². The van der Waals surface area contributed by atoms with Gasteiger partial charge in [0.25, 0.3) is 0 Å². The molecule has 140 valence electrons. The monoisotopic (exact) mass is 358 g/mol. The van der Waals surface area contributed by atoms with Crippen LogP contribution in [0.25, 0.3) is 0 Å². The number of fused-ring (bicyclic) bond motifs is 3. The van der Waals surface area contributed by atoms with Crippen molar-refractivity contribution in [2.45, 2.75) is 33.8 Å². The average molecular weight is 358 g/mol. The molecule has 1 aromatic rings. The van der Waals surface area contributed by atoms with Crippen molar-refractivity contribution in [3.05, 3.63) is 35.4 Å². The molecule has 4 rings (SSSR count). The van der Waals surface area contributed by atoms with Crippen molar-refractivity contribution in [2.24, 2.45) is 23.2 Å². The number of benzene rings is 1. The maximum Gasteiger partial charge on any atom is 0.302 e. The number of esters is 1. The Hall–Kier alpha value is -2.01. The minimum absolute atomic E-state index is 0.0336. The third kappa shape index (κ3) is 2.60. The van der Waals surface area contributed by atoms with Crippen LogP contribution >= 0.6 is 0 Å². The Balaban J connectivity index is 1.67. The number of hydrogen-bond donors (Lipinski definition) is 0. The van der Waals surface area contributed by atoms with E-state index in [4.69, 9.17) is 18.9 Å². The van der Waals surface area contributed by atoms with Crippen LogP contribution in [0.4, 0.5) is 0 Å². The van der Waals surface area contributed by atoms with Crippen LogP contribution in [0.1, 0.15) is 39.4 Å². The van der Waals surface area contributed by atoms with E-state index in [1.54, 1.807) is 0 Å². The van der Waals surface area contributed by atoms with Crippen LogP contribution in [-0.2, 0) is 14.3 Å². The number of allylic oxidation sites excluding steroid dienone is 1. The van der Waals surface area contributed by atoms with Gasteiger partial charge in [-0.3, -0.25) is 4.79 Å². The van der Waals surface area contributed by atoms with Gasteiger partial charge in [-0.25, -0.2) is 0 Å². The van der Waals surface area contributed by atoms with Crippen LogP contribution < -0.4 is 9.47 Å². The molecule has 3 aliphatic rings. The predicted octanol–water partition coefficient (Wildman–Crippen LogP) is 3.88. The first-order valence-corrected chi connectivity index (χ1v) is 9.25. The summed E-state index contributed by atoms with van der Waals surface area (Å²) in [6, 6.07) is 6.05. The van der Waals surface area contributed by atoms with Crippen LogP contribution in [0.15, 0.2) is 29.8 Å². The van der Waals surface area contributed by atoms with Crippen molar-refractivity contribution in [1.82, 2.24) is 0 Å². The molecule has 0 N–H and O–H groups in total. The Morgan fingerprint density at radius 3 is 2.81 bits per heavy atom. The van der Waals surface area contributed by atoms with E-state index in [9.17, 15) is 4.79 Å². The lowest BCUT2D eigenvalue weighted by Crippen LogP contribution is -2.54. The summed E-state index contributed by atoms with van der Waals surface area (Å²) in [6.07, 6.45) is 2.30. The fourth-order valence-corrected chi connectivity index (χ4v) is 4.88. The van der Waals surface area contributed by atoms with E-state index < -0.39 is 0 Å². The zero-order valence-electron chi connectivity index (χ0n) is 15.8. The summed E-state index contributed by atoms with van der Waals surface area (Å²) in [5.74, 6) is 2.21. The van der Waals surface area contributed by atoms with E-state index in [1.807, 2.05) is 12.1 Å². The first-order valence-electron chi connectivity index (χ1n) is 9.25.